The van der Waals surface area contributed by atoms with Crippen molar-refractivity contribution in [3.05, 3.63) is 46.5 Å². The van der Waals surface area contributed by atoms with E-state index < -0.39 is 10.0 Å². The molecule has 33 heavy (non-hydrogen) atoms. The zero-order valence-electron chi connectivity index (χ0n) is 19.5. The molecule has 0 radical (unpaired) electrons. The Bertz CT molecular complexity index is 1230. The summed E-state index contributed by atoms with van der Waals surface area (Å²) in [5.41, 5.74) is 1.98. The van der Waals surface area contributed by atoms with Gasteiger partial charge in [-0.15, -0.1) is 11.3 Å². The summed E-state index contributed by atoms with van der Waals surface area (Å²) in [4.78, 5) is 20.6. The molecule has 3 aromatic rings. The predicted molar refractivity (Wildman–Crippen MR) is 128 cm³/mol. The average molecular weight is 491 g/mol. The Morgan fingerprint density at radius 3 is 2.55 bits per heavy atom. The number of carbonyl (C=O) groups is 1. The fourth-order valence-electron chi connectivity index (χ4n) is 4.13. The molecule has 0 spiro atoms. The molecule has 0 aromatic carbocycles. The van der Waals surface area contributed by atoms with E-state index in [4.69, 9.17) is 4.42 Å². The van der Waals surface area contributed by atoms with Gasteiger partial charge in [-0.1, -0.05) is 12.8 Å². The van der Waals surface area contributed by atoms with Gasteiger partial charge in [0.05, 0.1) is 24.2 Å². The molecule has 4 rings (SSSR count). The predicted octanol–water partition coefficient (Wildman–Crippen LogP) is 4.20. The average Bonchev–Trinajstić information content (AvgIpc) is 3.42. The molecule has 3 aromatic heterocycles. The Kier molecular flexibility index (Phi) is 6.78. The number of amides is 1. The van der Waals surface area contributed by atoms with E-state index in [1.165, 1.54) is 29.0 Å². The quantitative estimate of drug-likeness (QED) is 0.517. The highest BCUT2D eigenvalue weighted by Crippen LogP contribution is 2.34. The van der Waals surface area contributed by atoms with Crippen LogP contribution in [0.5, 0.6) is 0 Å². The highest BCUT2D eigenvalue weighted by atomic mass is 32.2. The Hall–Kier alpha value is -2.43. The van der Waals surface area contributed by atoms with Gasteiger partial charge in [-0.25, -0.2) is 13.4 Å². The van der Waals surface area contributed by atoms with Gasteiger partial charge in [0.25, 0.3) is 5.91 Å². The second-order valence-electron chi connectivity index (χ2n) is 8.52. The number of sulfonamides is 1. The zero-order chi connectivity index (χ0) is 23.8. The first-order valence-corrected chi connectivity index (χ1v) is 13.4. The van der Waals surface area contributed by atoms with Gasteiger partial charge in [0.2, 0.25) is 10.0 Å². The Morgan fingerprint density at radius 2 is 1.91 bits per heavy atom. The third-order valence-electron chi connectivity index (χ3n) is 6.24. The number of hydrogen-bond acceptors (Lipinski definition) is 6. The molecule has 1 amide bonds. The van der Waals surface area contributed by atoms with Gasteiger partial charge in [0.15, 0.2) is 0 Å². The van der Waals surface area contributed by atoms with Crippen molar-refractivity contribution < 1.29 is 17.6 Å². The van der Waals surface area contributed by atoms with E-state index in [1.54, 1.807) is 25.1 Å². The van der Waals surface area contributed by atoms with Gasteiger partial charge < -0.3 is 13.9 Å². The van der Waals surface area contributed by atoms with Gasteiger partial charge in [-0.3, -0.25) is 4.79 Å². The first kappa shape index (κ1) is 23.7. The smallest absolute Gasteiger partial charge is 0.265 e. The summed E-state index contributed by atoms with van der Waals surface area (Å²) >= 11 is 1.33. The van der Waals surface area contributed by atoms with Crippen molar-refractivity contribution in [1.29, 1.82) is 0 Å². The number of rotatable bonds is 6. The van der Waals surface area contributed by atoms with Crippen molar-refractivity contribution in [3.8, 4) is 10.7 Å². The molecule has 1 aliphatic rings. The summed E-state index contributed by atoms with van der Waals surface area (Å²) in [6.07, 6.45) is 5.90. The van der Waals surface area contributed by atoms with Gasteiger partial charge >= 0.3 is 0 Å². The first-order valence-electron chi connectivity index (χ1n) is 11.1. The van der Waals surface area contributed by atoms with E-state index in [-0.39, 0.29) is 17.3 Å². The van der Waals surface area contributed by atoms with Crippen LogP contribution in [0.25, 0.3) is 10.7 Å². The summed E-state index contributed by atoms with van der Waals surface area (Å²) in [6.45, 7) is 5.32. The Labute approximate surface area is 198 Å². The molecule has 0 atom stereocenters. The lowest BCUT2D eigenvalue weighted by Crippen LogP contribution is -2.31. The van der Waals surface area contributed by atoms with Gasteiger partial charge in [0, 0.05) is 32.9 Å². The van der Waals surface area contributed by atoms with E-state index in [9.17, 15) is 13.2 Å². The van der Waals surface area contributed by atoms with E-state index in [2.05, 4.69) is 4.98 Å². The number of hydrogen-bond donors (Lipinski definition) is 0. The van der Waals surface area contributed by atoms with Crippen molar-refractivity contribution >= 4 is 27.3 Å². The highest BCUT2D eigenvalue weighted by Gasteiger charge is 2.29. The number of likely N-dealkylation sites (tertiary alicyclic amines) is 1. The van der Waals surface area contributed by atoms with Gasteiger partial charge in [-0.2, -0.15) is 4.31 Å². The summed E-state index contributed by atoms with van der Waals surface area (Å²) in [5.74, 6) is 0.595. The van der Waals surface area contributed by atoms with E-state index in [0.29, 0.717) is 32.7 Å². The third kappa shape index (κ3) is 4.64. The van der Waals surface area contributed by atoms with Crippen LogP contribution in [0.1, 0.15) is 52.5 Å². The fraction of sp³-hybridized carbons (Fsp3) is 0.478. The molecular formula is C23H30N4O4S2. The van der Waals surface area contributed by atoms with Crippen molar-refractivity contribution in [2.24, 2.45) is 7.05 Å². The number of furan rings is 1. The Morgan fingerprint density at radius 1 is 1.21 bits per heavy atom. The van der Waals surface area contributed by atoms with Crippen LogP contribution in [0.4, 0.5) is 0 Å². The van der Waals surface area contributed by atoms with E-state index in [1.807, 2.05) is 23.4 Å². The lowest BCUT2D eigenvalue weighted by atomic mass is 10.2. The molecule has 0 saturated carbocycles. The molecule has 1 aliphatic heterocycles. The molecule has 0 bridgehead atoms. The number of carbonyl (C=O) groups excluding carboxylic acids is 1. The molecular weight excluding hydrogens is 460 g/mol. The monoisotopic (exact) mass is 490 g/mol. The zero-order valence-corrected chi connectivity index (χ0v) is 21.1. The third-order valence-corrected chi connectivity index (χ3v) is 9.33. The van der Waals surface area contributed by atoms with Crippen LogP contribution in [-0.4, -0.2) is 53.2 Å². The van der Waals surface area contributed by atoms with Crippen LogP contribution in [-0.2, 0) is 23.6 Å². The van der Waals surface area contributed by atoms with Crippen LogP contribution in [0, 0.1) is 13.8 Å². The minimum absolute atomic E-state index is 0.0232. The molecule has 0 aliphatic carbocycles. The van der Waals surface area contributed by atoms with Crippen LogP contribution < -0.4 is 0 Å². The summed E-state index contributed by atoms with van der Waals surface area (Å²) < 4.78 is 35.0. The molecule has 1 fully saturated rings. The number of nitrogens with zero attached hydrogens (tertiary/aromatic N) is 4. The first-order chi connectivity index (χ1) is 15.7. The minimum atomic E-state index is -3.74. The lowest BCUT2D eigenvalue weighted by Gasteiger charge is -2.19. The summed E-state index contributed by atoms with van der Waals surface area (Å²) in [5, 5.41) is 0.645. The summed E-state index contributed by atoms with van der Waals surface area (Å²) in [6, 6.07) is 5.13. The highest BCUT2D eigenvalue weighted by molar-refractivity contribution is 7.89. The van der Waals surface area contributed by atoms with E-state index in [0.717, 1.165) is 38.8 Å². The molecule has 0 unspecified atom stereocenters. The topological polar surface area (TPSA) is 88.6 Å². The minimum Gasteiger partial charge on any atom is -0.468 e. The van der Waals surface area contributed by atoms with Gasteiger partial charge in [0.1, 0.15) is 20.5 Å². The van der Waals surface area contributed by atoms with Gasteiger partial charge in [-0.05, 0) is 44.9 Å². The van der Waals surface area contributed by atoms with Crippen LogP contribution in [0.15, 0.2) is 33.8 Å². The Balaban J connectivity index is 1.64. The maximum Gasteiger partial charge on any atom is 0.265 e. The standard InChI is InChI=1S/C23H30N4O4S2/c1-16-21(23(28)27-11-7-5-6-8-12-27)32-22(24-16)19-14-20(17(2)26(19)4)33(29,30)25(3)15-18-10-9-13-31-18/h9-10,13-14H,5-8,11-12,15H2,1-4H3. The van der Waals surface area contributed by atoms with E-state index >= 15 is 0 Å². The molecule has 0 N–H and O–H groups in total. The number of thiazole rings is 1. The van der Waals surface area contributed by atoms with Crippen LogP contribution >= 0.6 is 11.3 Å². The van der Waals surface area contributed by atoms with Crippen molar-refractivity contribution in [2.75, 3.05) is 20.1 Å². The van der Waals surface area contributed by atoms with Crippen LogP contribution in [0.3, 0.4) is 0 Å². The maximum atomic E-state index is 13.3. The SMILES string of the molecule is Cc1nc(-c2cc(S(=O)(=O)N(C)Cc3ccco3)c(C)n2C)sc1C(=O)N1CCCCCC1. The summed E-state index contributed by atoms with van der Waals surface area (Å²) in [7, 11) is -0.382. The molecule has 10 heteroatoms. The van der Waals surface area contributed by atoms with Crippen molar-refractivity contribution in [3.63, 3.8) is 0 Å². The molecule has 8 nitrogen and oxygen atoms in total. The number of aromatic nitrogens is 2. The second-order valence-corrected chi connectivity index (χ2v) is 11.5. The molecule has 1 saturated heterocycles. The lowest BCUT2D eigenvalue weighted by molar-refractivity contribution is 0.0765. The number of aryl methyl sites for hydroxylation is 1. The van der Waals surface area contributed by atoms with Crippen LogP contribution in [0.2, 0.25) is 0 Å². The fourth-order valence-corrected chi connectivity index (χ4v) is 6.62. The molecule has 4 heterocycles. The van der Waals surface area contributed by atoms with Crippen molar-refractivity contribution in [1.82, 2.24) is 18.8 Å². The van der Waals surface area contributed by atoms with Crippen molar-refractivity contribution in [2.45, 2.75) is 51.0 Å². The normalized spacial score (nSPS) is 15.2. The maximum absolute atomic E-state index is 13.3. The largest absolute Gasteiger partial charge is 0.468 e. The second kappa shape index (κ2) is 9.44. The molecule has 178 valence electrons.